The number of morpholine rings is 1. The summed E-state index contributed by atoms with van der Waals surface area (Å²) in [6.45, 7) is 12.6. The zero-order valence-electron chi connectivity index (χ0n) is 29.2. The first-order valence-electron chi connectivity index (χ1n) is 16.9. The number of hydrogen-bond acceptors (Lipinski definition) is 9. The number of carbonyl (C=O) groups excluding carboxylic acids is 2. The van der Waals surface area contributed by atoms with Gasteiger partial charge in [0, 0.05) is 0 Å². The van der Waals surface area contributed by atoms with Crippen molar-refractivity contribution in [2.24, 2.45) is 0 Å². The lowest BCUT2D eigenvalue weighted by molar-refractivity contribution is -0.137. The Labute approximate surface area is 285 Å². The Morgan fingerprint density at radius 1 is 0.729 bits per heavy atom. The highest BCUT2D eigenvalue weighted by atomic mass is 16.6. The van der Waals surface area contributed by atoms with E-state index >= 15 is 0 Å². The van der Waals surface area contributed by atoms with E-state index in [0.29, 0.717) is 32.8 Å². The van der Waals surface area contributed by atoms with Crippen LogP contribution in [0.5, 0.6) is 0 Å². The van der Waals surface area contributed by atoms with E-state index in [2.05, 4.69) is 12.1 Å². The lowest BCUT2D eigenvalue weighted by atomic mass is 9.92. The maximum absolute atomic E-state index is 12.6. The highest BCUT2D eigenvalue weighted by Crippen LogP contribution is 2.32. The maximum atomic E-state index is 12.6. The zero-order valence-corrected chi connectivity index (χ0v) is 29.2. The molecule has 0 aliphatic carbocycles. The van der Waals surface area contributed by atoms with E-state index in [9.17, 15) is 19.8 Å². The normalized spacial score (nSPS) is 25.6. The second-order valence-electron chi connectivity index (χ2n) is 14.6. The summed E-state index contributed by atoms with van der Waals surface area (Å²) >= 11 is 0. The van der Waals surface area contributed by atoms with Crippen molar-refractivity contribution in [1.82, 2.24) is 9.80 Å². The first-order chi connectivity index (χ1) is 22.8. The molecule has 6 atom stereocenters. The van der Waals surface area contributed by atoms with Crippen molar-refractivity contribution in [2.45, 2.75) is 122 Å². The van der Waals surface area contributed by atoms with E-state index < -0.39 is 29.4 Å². The van der Waals surface area contributed by atoms with Gasteiger partial charge in [-0.2, -0.15) is 0 Å². The van der Waals surface area contributed by atoms with Crippen LogP contribution in [0.4, 0.5) is 9.59 Å². The van der Waals surface area contributed by atoms with Crippen molar-refractivity contribution in [3.63, 3.8) is 0 Å². The Hall–Kier alpha value is -3.22. The summed E-state index contributed by atoms with van der Waals surface area (Å²) in [5.41, 5.74) is 1.02. The van der Waals surface area contributed by atoms with Gasteiger partial charge in [-0.05, 0) is 71.9 Å². The van der Waals surface area contributed by atoms with E-state index in [-0.39, 0.29) is 43.6 Å². The van der Waals surface area contributed by atoms with Gasteiger partial charge in [0.1, 0.15) is 11.2 Å². The molecule has 3 fully saturated rings. The molecule has 5 rings (SSSR count). The van der Waals surface area contributed by atoms with Gasteiger partial charge < -0.3 is 33.9 Å². The predicted octanol–water partition coefficient (Wildman–Crippen LogP) is 5.30. The fourth-order valence-electron chi connectivity index (χ4n) is 6.30. The molecular formula is C37H54N2O9. The van der Waals surface area contributed by atoms with Gasteiger partial charge in [-0.3, -0.25) is 9.80 Å². The van der Waals surface area contributed by atoms with Crippen LogP contribution >= 0.6 is 0 Å². The minimum atomic E-state index is -0.639. The van der Waals surface area contributed by atoms with Crippen molar-refractivity contribution >= 4 is 12.2 Å². The molecule has 4 unspecified atom stereocenters. The van der Waals surface area contributed by atoms with E-state index in [1.165, 1.54) is 4.90 Å². The van der Waals surface area contributed by atoms with E-state index in [1.807, 2.05) is 74.2 Å². The second-order valence-corrected chi connectivity index (χ2v) is 14.6. The Balaban J connectivity index is 0.000000217. The topological polar surface area (TPSA) is 127 Å². The summed E-state index contributed by atoms with van der Waals surface area (Å²) < 4.78 is 28.8. The summed E-state index contributed by atoms with van der Waals surface area (Å²) in [5.74, 6) is 0. The molecule has 266 valence electrons. The molecule has 2 aromatic rings. The van der Waals surface area contributed by atoms with Crippen LogP contribution in [0.3, 0.4) is 0 Å². The Kier molecular flexibility index (Phi) is 13.3. The average Bonchev–Trinajstić information content (AvgIpc) is 3.41. The summed E-state index contributed by atoms with van der Waals surface area (Å²) in [7, 11) is 0. The smallest absolute Gasteiger partial charge is 0.411 e. The number of aliphatic hydroxyl groups excluding tert-OH is 2. The molecule has 0 spiro atoms. The molecule has 3 aliphatic heterocycles. The van der Waals surface area contributed by atoms with Gasteiger partial charge in [-0.15, -0.1) is 0 Å². The molecule has 2 aromatic carbocycles. The molecule has 2 bridgehead atoms. The third-order valence-electron chi connectivity index (χ3n) is 8.47. The number of fused-ring (bicyclic) bond motifs is 2. The van der Waals surface area contributed by atoms with Gasteiger partial charge in [-0.1, -0.05) is 60.7 Å². The minimum Gasteiger partial charge on any atom is -0.444 e. The number of benzene rings is 2. The number of nitrogens with zero attached hydrogens (tertiary/aromatic N) is 2. The van der Waals surface area contributed by atoms with Gasteiger partial charge in [-0.25, -0.2) is 9.59 Å². The molecule has 2 N–H and O–H groups in total. The SMILES string of the molecule is CC(C)(C)OC(=O)N1C2CCC(OCc3ccccc3)C1COC2.CC(C)(C)OC(=O)N1[C@@H](CO)CC(OCc2ccccc2)[C@H]1CO. The number of carbonyl (C=O) groups is 2. The van der Waals surface area contributed by atoms with Crippen LogP contribution in [-0.4, -0.2) is 106 Å². The molecule has 2 amide bonds. The van der Waals surface area contributed by atoms with Crippen molar-refractivity contribution in [2.75, 3.05) is 26.4 Å². The third-order valence-corrected chi connectivity index (χ3v) is 8.47. The number of likely N-dealkylation sites (tertiary alicyclic amines) is 1. The molecule has 3 saturated heterocycles. The van der Waals surface area contributed by atoms with Crippen LogP contribution < -0.4 is 0 Å². The summed E-state index contributed by atoms with van der Waals surface area (Å²) in [4.78, 5) is 28.4. The van der Waals surface area contributed by atoms with Crippen molar-refractivity contribution in [1.29, 1.82) is 0 Å². The number of aliphatic hydroxyl groups is 2. The Bertz CT molecular complexity index is 1210. The number of ether oxygens (including phenoxy) is 5. The Morgan fingerprint density at radius 2 is 1.25 bits per heavy atom. The standard InChI is InChI=1S/C19H27NO4.C18H27NO5/c1-19(2,3)24-18(21)20-15-9-10-17(16(20)13-22-12-15)23-11-14-7-5-4-6-8-14;1-18(2,3)24-17(22)19-14(10-20)9-16(15(19)11-21)23-12-13-7-5-4-6-8-13/h4-8,15-17H,9-13H2,1-3H3;4-8,14-16,20-21H,9-12H2,1-3H3/t;14-,15-,16?/m.1/s1. The molecule has 0 radical (unpaired) electrons. The molecule has 3 aliphatic rings. The lowest BCUT2D eigenvalue weighted by Gasteiger charge is -2.48. The van der Waals surface area contributed by atoms with Gasteiger partial charge in [0.05, 0.1) is 76.0 Å². The number of amides is 2. The van der Waals surface area contributed by atoms with Crippen LogP contribution in [0.1, 0.15) is 71.9 Å². The molecule has 3 heterocycles. The van der Waals surface area contributed by atoms with Crippen LogP contribution in [-0.2, 0) is 36.9 Å². The average molecular weight is 671 g/mol. The monoisotopic (exact) mass is 670 g/mol. The molecule has 0 saturated carbocycles. The third kappa shape index (κ3) is 10.6. The summed E-state index contributed by atoms with van der Waals surface area (Å²) in [6, 6.07) is 18.9. The van der Waals surface area contributed by atoms with Gasteiger partial charge in [0.15, 0.2) is 0 Å². The number of rotatable bonds is 8. The van der Waals surface area contributed by atoms with E-state index in [0.717, 1.165) is 24.0 Å². The van der Waals surface area contributed by atoms with Crippen molar-refractivity contribution in [3.8, 4) is 0 Å². The fraction of sp³-hybridized carbons (Fsp3) is 0.622. The fourth-order valence-corrected chi connectivity index (χ4v) is 6.30. The van der Waals surface area contributed by atoms with E-state index in [1.54, 1.807) is 20.8 Å². The van der Waals surface area contributed by atoms with Gasteiger partial charge >= 0.3 is 12.2 Å². The largest absolute Gasteiger partial charge is 0.444 e. The lowest BCUT2D eigenvalue weighted by Crippen LogP contribution is -2.63. The highest BCUT2D eigenvalue weighted by molar-refractivity contribution is 5.70. The van der Waals surface area contributed by atoms with Crippen molar-refractivity contribution in [3.05, 3.63) is 71.8 Å². The van der Waals surface area contributed by atoms with E-state index in [4.69, 9.17) is 23.7 Å². The maximum Gasteiger partial charge on any atom is 0.411 e. The second kappa shape index (κ2) is 16.9. The highest BCUT2D eigenvalue weighted by Gasteiger charge is 2.46. The van der Waals surface area contributed by atoms with Crippen LogP contribution in [0.25, 0.3) is 0 Å². The molecule has 48 heavy (non-hydrogen) atoms. The van der Waals surface area contributed by atoms with Crippen LogP contribution in [0.15, 0.2) is 60.7 Å². The van der Waals surface area contributed by atoms with Crippen LogP contribution in [0.2, 0.25) is 0 Å². The molecule has 11 nitrogen and oxygen atoms in total. The molecular weight excluding hydrogens is 616 g/mol. The Morgan fingerprint density at radius 3 is 1.75 bits per heavy atom. The number of piperidine rings is 1. The van der Waals surface area contributed by atoms with Gasteiger partial charge in [0.25, 0.3) is 0 Å². The zero-order chi connectivity index (χ0) is 34.9. The number of hydrogen-bond donors (Lipinski definition) is 2. The minimum absolute atomic E-state index is 0.0192. The van der Waals surface area contributed by atoms with Crippen LogP contribution in [0, 0.1) is 0 Å². The first kappa shape index (κ1) is 37.6. The van der Waals surface area contributed by atoms with Crippen molar-refractivity contribution < 1.29 is 43.5 Å². The molecule has 11 heteroatoms. The first-order valence-corrected chi connectivity index (χ1v) is 16.9. The summed E-state index contributed by atoms with van der Waals surface area (Å²) in [6.07, 6.45) is 1.14. The quantitative estimate of drug-likeness (QED) is 0.385. The summed E-state index contributed by atoms with van der Waals surface area (Å²) in [5, 5.41) is 19.4. The molecule has 0 aromatic heterocycles. The predicted molar refractivity (Wildman–Crippen MR) is 180 cm³/mol. The van der Waals surface area contributed by atoms with Gasteiger partial charge in [0.2, 0.25) is 0 Å².